The molecule has 0 saturated heterocycles. The van der Waals surface area contributed by atoms with E-state index in [9.17, 15) is 27.5 Å². The lowest BCUT2D eigenvalue weighted by Gasteiger charge is -2.12. The average molecular weight is 221 g/mol. The molecule has 0 aliphatic carbocycles. The van der Waals surface area contributed by atoms with Crippen molar-refractivity contribution in [1.82, 2.24) is 0 Å². The fourth-order valence-electron chi connectivity index (χ4n) is 1.22. The van der Waals surface area contributed by atoms with Gasteiger partial charge in [-0.2, -0.15) is 0 Å². The van der Waals surface area contributed by atoms with Crippen molar-refractivity contribution in [2.45, 2.75) is 13.3 Å². The standard InChI is InChI=1S/C9H6F4O2/c1-2-3-4(9(14)15)6(11)8(13)7(12)5(3)10/h2H2,1H3,(H,14,15)/p-1. The lowest BCUT2D eigenvalue weighted by molar-refractivity contribution is -0.255. The Bertz CT molecular complexity index is 429. The van der Waals surface area contributed by atoms with Crippen LogP contribution in [-0.2, 0) is 6.42 Å². The van der Waals surface area contributed by atoms with Crippen molar-refractivity contribution < 1.29 is 27.5 Å². The maximum Gasteiger partial charge on any atom is 0.198 e. The van der Waals surface area contributed by atoms with Crippen molar-refractivity contribution in [3.05, 3.63) is 34.4 Å². The Morgan fingerprint density at radius 1 is 1.07 bits per heavy atom. The predicted molar refractivity (Wildman–Crippen MR) is 40.0 cm³/mol. The smallest absolute Gasteiger partial charge is 0.198 e. The number of aromatic carboxylic acids is 1. The molecule has 2 nitrogen and oxygen atoms in total. The third-order valence-electron chi connectivity index (χ3n) is 1.92. The van der Waals surface area contributed by atoms with E-state index >= 15 is 0 Å². The van der Waals surface area contributed by atoms with Gasteiger partial charge in [0.2, 0.25) is 0 Å². The third-order valence-corrected chi connectivity index (χ3v) is 1.92. The van der Waals surface area contributed by atoms with E-state index in [0.717, 1.165) is 0 Å². The second kappa shape index (κ2) is 3.88. The summed E-state index contributed by atoms with van der Waals surface area (Å²) in [4.78, 5) is 10.4. The van der Waals surface area contributed by atoms with Crippen LogP contribution in [-0.4, -0.2) is 5.97 Å². The summed E-state index contributed by atoms with van der Waals surface area (Å²) >= 11 is 0. The first-order valence-corrected chi connectivity index (χ1v) is 3.97. The van der Waals surface area contributed by atoms with E-state index in [2.05, 4.69) is 0 Å². The van der Waals surface area contributed by atoms with Crippen LogP contribution in [0.4, 0.5) is 17.6 Å². The molecule has 0 saturated carbocycles. The van der Waals surface area contributed by atoms with Crippen LogP contribution in [0.5, 0.6) is 0 Å². The molecule has 0 aromatic heterocycles. The molecular weight excluding hydrogens is 216 g/mol. The van der Waals surface area contributed by atoms with Crippen molar-refractivity contribution in [3.63, 3.8) is 0 Å². The van der Waals surface area contributed by atoms with Gasteiger partial charge in [-0.1, -0.05) is 6.92 Å². The van der Waals surface area contributed by atoms with Gasteiger partial charge in [0.05, 0.1) is 5.97 Å². The SMILES string of the molecule is CCc1c(F)c(F)c(F)c(F)c1C(=O)[O-]. The zero-order chi connectivity index (χ0) is 11.7. The van der Waals surface area contributed by atoms with Crippen LogP contribution in [0.1, 0.15) is 22.8 Å². The highest BCUT2D eigenvalue weighted by atomic mass is 19.2. The minimum atomic E-state index is -2.15. The van der Waals surface area contributed by atoms with Gasteiger partial charge in [-0.15, -0.1) is 0 Å². The minimum Gasteiger partial charge on any atom is -0.545 e. The fraction of sp³-hybridized carbons (Fsp3) is 0.222. The molecule has 0 atom stereocenters. The van der Waals surface area contributed by atoms with Gasteiger partial charge < -0.3 is 9.90 Å². The van der Waals surface area contributed by atoms with Crippen LogP contribution in [0.25, 0.3) is 0 Å². The summed E-state index contributed by atoms with van der Waals surface area (Å²) in [5, 5.41) is 10.4. The van der Waals surface area contributed by atoms with Crippen molar-refractivity contribution in [1.29, 1.82) is 0 Å². The largest absolute Gasteiger partial charge is 0.545 e. The first-order chi connectivity index (χ1) is 6.91. The number of rotatable bonds is 2. The highest BCUT2D eigenvalue weighted by molar-refractivity contribution is 5.88. The zero-order valence-electron chi connectivity index (χ0n) is 7.54. The summed E-state index contributed by atoms with van der Waals surface area (Å²) in [7, 11) is 0. The molecule has 0 fully saturated rings. The van der Waals surface area contributed by atoms with Crippen molar-refractivity contribution in [3.8, 4) is 0 Å². The van der Waals surface area contributed by atoms with Gasteiger partial charge in [-0.05, 0) is 6.42 Å². The Labute approximate surface area is 82.1 Å². The minimum absolute atomic E-state index is 0.288. The van der Waals surface area contributed by atoms with Gasteiger partial charge in [0.1, 0.15) is 0 Å². The number of carbonyl (C=O) groups excluding carboxylic acids is 1. The van der Waals surface area contributed by atoms with Crippen LogP contribution in [0.2, 0.25) is 0 Å². The number of carboxylic acid groups (broad SMARTS) is 1. The van der Waals surface area contributed by atoms with E-state index in [0.29, 0.717) is 0 Å². The van der Waals surface area contributed by atoms with Gasteiger partial charge in [0.25, 0.3) is 0 Å². The zero-order valence-corrected chi connectivity index (χ0v) is 7.54. The number of hydrogen-bond donors (Lipinski definition) is 0. The molecule has 0 radical (unpaired) electrons. The third kappa shape index (κ3) is 1.67. The fourth-order valence-corrected chi connectivity index (χ4v) is 1.22. The molecule has 6 heteroatoms. The molecule has 0 unspecified atom stereocenters. The van der Waals surface area contributed by atoms with Crippen molar-refractivity contribution in [2.24, 2.45) is 0 Å². The number of halogens is 4. The van der Waals surface area contributed by atoms with Gasteiger partial charge in [-0.3, -0.25) is 0 Å². The summed E-state index contributed by atoms with van der Waals surface area (Å²) in [5.74, 6) is -9.89. The van der Waals surface area contributed by atoms with Crippen molar-refractivity contribution >= 4 is 5.97 Å². The number of carbonyl (C=O) groups is 1. The Balaban J connectivity index is 3.70. The highest BCUT2D eigenvalue weighted by Crippen LogP contribution is 2.24. The van der Waals surface area contributed by atoms with E-state index in [4.69, 9.17) is 0 Å². The molecule has 0 amide bonds. The lowest BCUT2D eigenvalue weighted by Crippen LogP contribution is -2.27. The topological polar surface area (TPSA) is 40.1 Å². The molecule has 1 rings (SSSR count). The summed E-state index contributed by atoms with van der Waals surface area (Å²) in [5.41, 5.74) is -2.01. The number of hydrogen-bond acceptors (Lipinski definition) is 2. The number of carboxylic acids is 1. The monoisotopic (exact) mass is 221 g/mol. The summed E-state index contributed by atoms with van der Waals surface area (Å²) in [6, 6.07) is 0. The first kappa shape index (κ1) is 11.5. The maximum atomic E-state index is 13.0. The second-order valence-corrected chi connectivity index (χ2v) is 2.75. The van der Waals surface area contributed by atoms with Crippen LogP contribution in [0.3, 0.4) is 0 Å². The number of benzene rings is 1. The molecular formula is C9H5F4O2-. The van der Waals surface area contributed by atoms with Crippen LogP contribution in [0, 0.1) is 23.3 Å². The van der Waals surface area contributed by atoms with Crippen molar-refractivity contribution in [2.75, 3.05) is 0 Å². The maximum absolute atomic E-state index is 13.0. The normalized spacial score (nSPS) is 10.5. The molecule has 0 N–H and O–H groups in total. The summed E-state index contributed by atoms with van der Waals surface area (Å²) < 4.78 is 51.3. The van der Waals surface area contributed by atoms with Crippen LogP contribution in [0.15, 0.2) is 0 Å². The van der Waals surface area contributed by atoms with Gasteiger partial charge in [0.15, 0.2) is 23.3 Å². The quantitative estimate of drug-likeness (QED) is 0.427. The van der Waals surface area contributed by atoms with E-state index in [1.807, 2.05) is 0 Å². The summed E-state index contributed by atoms with van der Waals surface area (Å²) in [6.45, 7) is 1.28. The van der Waals surface area contributed by atoms with Crippen LogP contribution >= 0.6 is 0 Å². The molecule has 15 heavy (non-hydrogen) atoms. The molecule has 0 spiro atoms. The van der Waals surface area contributed by atoms with E-state index < -0.39 is 40.4 Å². The average Bonchev–Trinajstić information content (AvgIpc) is 2.19. The van der Waals surface area contributed by atoms with E-state index in [1.54, 1.807) is 0 Å². The molecule has 0 bridgehead atoms. The highest BCUT2D eigenvalue weighted by Gasteiger charge is 2.24. The summed E-state index contributed by atoms with van der Waals surface area (Å²) in [6.07, 6.45) is -0.288. The molecule has 0 heterocycles. The van der Waals surface area contributed by atoms with Gasteiger partial charge >= 0.3 is 0 Å². The Morgan fingerprint density at radius 2 is 1.53 bits per heavy atom. The molecule has 82 valence electrons. The molecule has 0 aliphatic rings. The van der Waals surface area contributed by atoms with E-state index in [-0.39, 0.29) is 6.42 Å². The van der Waals surface area contributed by atoms with E-state index in [1.165, 1.54) is 6.92 Å². The van der Waals surface area contributed by atoms with Crippen LogP contribution < -0.4 is 5.11 Å². The Hall–Kier alpha value is -1.59. The molecule has 0 aliphatic heterocycles. The molecule has 1 aromatic carbocycles. The Kier molecular flexibility index (Phi) is 2.97. The predicted octanol–water partition coefficient (Wildman–Crippen LogP) is 1.17. The lowest BCUT2D eigenvalue weighted by atomic mass is 10.0. The van der Waals surface area contributed by atoms with Gasteiger partial charge in [-0.25, -0.2) is 17.6 Å². The second-order valence-electron chi connectivity index (χ2n) is 2.75. The Morgan fingerprint density at radius 3 is 1.93 bits per heavy atom. The molecule has 1 aromatic rings. The van der Waals surface area contributed by atoms with Gasteiger partial charge in [0, 0.05) is 11.1 Å². The first-order valence-electron chi connectivity index (χ1n) is 3.97.